The van der Waals surface area contributed by atoms with Crippen LogP contribution in [0.4, 0.5) is 5.69 Å². The minimum absolute atomic E-state index is 0.108. The number of carbonyl (C=O) groups excluding carboxylic acids is 1. The molecular formula is C15H25N3O4S. The maximum Gasteiger partial charge on any atom is 0.242 e. The Bertz CT molecular complexity index is 630. The van der Waals surface area contributed by atoms with Gasteiger partial charge >= 0.3 is 0 Å². The monoisotopic (exact) mass is 343 g/mol. The van der Waals surface area contributed by atoms with Crippen molar-refractivity contribution in [1.29, 1.82) is 0 Å². The number of sulfonamides is 1. The van der Waals surface area contributed by atoms with E-state index in [-0.39, 0.29) is 10.8 Å². The number of hydrogen-bond acceptors (Lipinski definition) is 5. The third-order valence-electron chi connectivity index (χ3n) is 3.13. The van der Waals surface area contributed by atoms with Crippen LogP contribution in [0.15, 0.2) is 23.1 Å². The molecule has 8 heteroatoms. The summed E-state index contributed by atoms with van der Waals surface area (Å²) < 4.78 is 31.0. The summed E-state index contributed by atoms with van der Waals surface area (Å²) in [5.74, 6) is 0.271. The van der Waals surface area contributed by atoms with Gasteiger partial charge in [0, 0.05) is 20.5 Å². The molecule has 130 valence electrons. The van der Waals surface area contributed by atoms with Gasteiger partial charge in [-0.15, -0.1) is 0 Å². The molecule has 0 aliphatic carbocycles. The molecule has 2 N–H and O–H groups in total. The first kappa shape index (κ1) is 19.4. The van der Waals surface area contributed by atoms with Crippen LogP contribution in [0.1, 0.15) is 19.8 Å². The van der Waals surface area contributed by atoms with E-state index in [1.807, 2.05) is 14.0 Å². The molecule has 0 bridgehead atoms. The van der Waals surface area contributed by atoms with E-state index in [2.05, 4.69) is 10.6 Å². The Morgan fingerprint density at radius 3 is 2.57 bits per heavy atom. The molecule has 23 heavy (non-hydrogen) atoms. The molecule has 0 saturated heterocycles. The van der Waals surface area contributed by atoms with E-state index in [0.717, 1.165) is 10.8 Å². The molecule has 0 radical (unpaired) electrons. The molecule has 0 heterocycles. The lowest BCUT2D eigenvalue weighted by Gasteiger charge is -2.16. The molecule has 0 aromatic heterocycles. The maximum atomic E-state index is 12.2. The highest BCUT2D eigenvalue weighted by molar-refractivity contribution is 7.89. The smallest absolute Gasteiger partial charge is 0.242 e. The molecule has 0 aliphatic heterocycles. The predicted molar refractivity (Wildman–Crippen MR) is 90.3 cm³/mol. The normalized spacial score (nSPS) is 11.5. The van der Waals surface area contributed by atoms with Gasteiger partial charge in [0.2, 0.25) is 15.9 Å². The Kier molecular flexibility index (Phi) is 7.47. The zero-order chi connectivity index (χ0) is 17.5. The summed E-state index contributed by atoms with van der Waals surface area (Å²) in [6, 6.07) is 4.45. The van der Waals surface area contributed by atoms with Crippen molar-refractivity contribution in [3.8, 4) is 5.75 Å². The van der Waals surface area contributed by atoms with Crippen LogP contribution in [-0.4, -0.2) is 52.9 Å². The predicted octanol–water partition coefficient (Wildman–Crippen LogP) is 1.27. The number of nitrogens with one attached hydrogen (secondary N) is 2. The highest BCUT2D eigenvalue weighted by atomic mass is 32.2. The largest absolute Gasteiger partial charge is 0.492 e. The molecule has 1 amide bonds. The van der Waals surface area contributed by atoms with E-state index < -0.39 is 10.0 Å². The molecule has 0 unspecified atom stereocenters. The first-order valence-corrected chi connectivity index (χ1v) is 8.90. The summed E-state index contributed by atoms with van der Waals surface area (Å²) in [5, 5.41) is 5.70. The minimum Gasteiger partial charge on any atom is -0.492 e. The van der Waals surface area contributed by atoms with Gasteiger partial charge in [0.1, 0.15) is 5.75 Å². The standard InChI is InChI=1S/C15H25N3O4S/c1-5-22-14-9-8-12(23(20,21)18(3)4)11-13(14)17-15(19)7-6-10-16-2/h8-9,11,16H,5-7,10H2,1-4H3,(H,17,19). The van der Waals surface area contributed by atoms with Gasteiger partial charge in [-0.05, 0) is 45.1 Å². The summed E-state index contributed by atoms with van der Waals surface area (Å²) in [6.45, 7) is 2.98. The maximum absolute atomic E-state index is 12.2. The van der Waals surface area contributed by atoms with Gasteiger partial charge in [0.05, 0.1) is 17.2 Å². The molecule has 0 aliphatic rings. The second-order valence-corrected chi connectivity index (χ2v) is 7.29. The van der Waals surface area contributed by atoms with Gasteiger partial charge in [-0.3, -0.25) is 4.79 Å². The number of benzene rings is 1. The average Bonchev–Trinajstić information content (AvgIpc) is 2.49. The topological polar surface area (TPSA) is 87.7 Å². The lowest BCUT2D eigenvalue weighted by atomic mass is 10.2. The second kappa shape index (κ2) is 8.85. The molecule has 1 aromatic carbocycles. The fraction of sp³-hybridized carbons (Fsp3) is 0.533. The van der Waals surface area contributed by atoms with E-state index in [1.165, 1.54) is 26.2 Å². The summed E-state index contributed by atoms with van der Waals surface area (Å²) in [5.41, 5.74) is 0.365. The summed E-state index contributed by atoms with van der Waals surface area (Å²) in [4.78, 5) is 12.1. The Morgan fingerprint density at radius 2 is 2.00 bits per heavy atom. The van der Waals surface area contributed by atoms with E-state index in [9.17, 15) is 13.2 Å². The highest BCUT2D eigenvalue weighted by Gasteiger charge is 2.19. The number of amides is 1. The van der Waals surface area contributed by atoms with Crippen LogP contribution in [0, 0.1) is 0 Å². The number of rotatable bonds is 9. The van der Waals surface area contributed by atoms with E-state index in [1.54, 1.807) is 6.07 Å². The van der Waals surface area contributed by atoms with Gasteiger partial charge < -0.3 is 15.4 Å². The molecule has 0 fully saturated rings. The quantitative estimate of drug-likeness (QED) is 0.660. The fourth-order valence-corrected chi connectivity index (χ4v) is 2.83. The van der Waals surface area contributed by atoms with Crippen molar-refractivity contribution in [2.45, 2.75) is 24.7 Å². The van der Waals surface area contributed by atoms with Crippen molar-refractivity contribution < 1.29 is 17.9 Å². The number of nitrogens with zero attached hydrogens (tertiary/aromatic N) is 1. The minimum atomic E-state index is -3.57. The number of hydrogen-bond donors (Lipinski definition) is 2. The van der Waals surface area contributed by atoms with E-state index >= 15 is 0 Å². The Labute approximate surface area is 138 Å². The van der Waals surface area contributed by atoms with E-state index in [4.69, 9.17) is 4.74 Å². The molecule has 0 spiro atoms. The van der Waals surface area contributed by atoms with Gasteiger partial charge in [-0.2, -0.15) is 0 Å². The van der Waals surface area contributed by atoms with Crippen LogP contribution in [0.25, 0.3) is 0 Å². The third kappa shape index (κ3) is 5.49. The second-order valence-electron chi connectivity index (χ2n) is 5.13. The Morgan fingerprint density at radius 1 is 1.30 bits per heavy atom. The molecule has 0 saturated carbocycles. The van der Waals surface area contributed by atoms with Crippen molar-refractivity contribution in [3.63, 3.8) is 0 Å². The number of ether oxygens (including phenoxy) is 1. The van der Waals surface area contributed by atoms with Crippen LogP contribution in [0.3, 0.4) is 0 Å². The summed E-state index contributed by atoms with van der Waals surface area (Å²) >= 11 is 0. The molecular weight excluding hydrogens is 318 g/mol. The molecule has 7 nitrogen and oxygen atoms in total. The van der Waals surface area contributed by atoms with Crippen LogP contribution >= 0.6 is 0 Å². The average molecular weight is 343 g/mol. The SMILES string of the molecule is CCOc1ccc(S(=O)(=O)N(C)C)cc1NC(=O)CCCNC. The van der Waals surface area contributed by atoms with Gasteiger partial charge in [0.15, 0.2) is 0 Å². The lowest BCUT2D eigenvalue weighted by molar-refractivity contribution is -0.116. The highest BCUT2D eigenvalue weighted by Crippen LogP contribution is 2.29. The lowest BCUT2D eigenvalue weighted by Crippen LogP contribution is -2.22. The van der Waals surface area contributed by atoms with Crippen molar-refractivity contribution >= 4 is 21.6 Å². The van der Waals surface area contributed by atoms with Crippen molar-refractivity contribution in [1.82, 2.24) is 9.62 Å². The van der Waals surface area contributed by atoms with Gasteiger partial charge in [-0.1, -0.05) is 0 Å². The zero-order valence-electron chi connectivity index (χ0n) is 14.0. The zero-order valence-corrected chi connectivity index (χ0v) is 14.9. The first-order chi connectivity index (χ1) is 10.8. The number of carbonyl (C=O) groups is 1. The summed E-state index contributed by atoms with van der Waals surface area (Å²) in [6.07, 6.45) is 1.04. The van der Waals surface area contributed by atoms with Crippen molar-refractivity contribution in [2.24, 2.45) is 0 Å². The Balaban J connectivity index is 3.04. The van der Waals surface area contributed by atoms with Gasteiger partial charge in [0.25, 0.3) is 0 Å². The van der Waals surface area contributed by atoms with Crippen LogP contribution in [0.5, 0.6) is 5.75 Å². The van der Waals surface area contributed by atoms with Gasteiger partial charge in [-0.25, -0.2) is 12.7 Å². The van der Waals surface area contributed by atoms with E-state index in [0.29, 0.717) is 30.9 Å². The van der Waals surface area contributed by atoms with Crippen LogP contribution in [-0.2, 0) is 14.8 Å². The fourth-order valence-electron chi connectivity index (χ4n) is 1.90. The molecule has 0 atom stereocenters. The van der Waals surface area contributed by atoms with Crippen molar-refractivity contribution in [3.05, 3.63) is 18.2 Å². The van der Waals surface area contributed by atoms with Crippen LogP contribution < -0.4 is 15.4 Å². The molecule has 1 rings (SSSR count). The van der Waals surface area contributed by atoms with Crippen molar-refractivity contribution in [2.75, 3.05) is 39.6 Å². The molecule has 1 aromatic rings. The third-order valence-corrected chi connectivity index (χ3v) is 4.95. The summed E-state index contributed by atoms with van der Waals surface area (Å²) in [7, 11) is 1.17. The van der Waals surface area contributed by atoms with Crippen LogP contribution in [0.2, 0.25) is 0 Å². The first-order valence-electron chi connectivity index (χ1n) is 7.46. The Hall–Kier alpha value is -1.64. The number of anilines is 1.